The van der Waals surface area contributed by atoms with Gasteiger partial charge in [-0.25, -0.2) is 4.98 Å². The Morgan fingerprint density at radius 1 is 1.22 bits per heavy atom. The van der Waals surface area contributed by atoms with Crippen LogP contribution in [0.25, 0.3) is 0 Å². The lowest BCUT2D eigenvalue weighted by Crippen LogP contribution is -2.16. The van der Waals surface area contributed by atoms with Crippen molar-refractivity contribution in [2.75, 3.05) is 7.05 Å². The number of nitrogens with zero attached hydrogens (tertiary/aromatic N) is 1. The molecule has 0 spiro atoms. The molecule has 2 aromatic rings. The molecule has 0 fully saturated rings. The molecule has 1 aromatic carbocycles. The summed E-state index contributed by atoms with van der Waals surface area (Å²) in [7, 11) is 2.03. The molecule has 0 saturated carbocycles. The lowest BCUT2D eigenvalue weighted by atomic mass is 10.0. The summed E-state index contributed by atoms with van der Waals surface area (Å²) in [4.78, 5) is 5.89. The van der Waals surface area contributed by atoms with Gasteiger partial charge in [0.2, 0.25) is 0 Å². The van der Waals surface area contributed by atoms with Crippen molar-refractivity contribution < 1.29 is 0 Å². The highest BCUT2D eigenvalue weighted by Crippen LogP contribution is 2.27. The Morgan fingerprint density at radius 3 is 2.50 bits per heavy atom. The van der Waals surface area contributed by atoms with E-state index < -0.39 is 0 Å². The molecule has 0 radical (unpaired) electrons. The Kier molecular flexibility index (Phi) is 4.50. The van der Waals surface area contributed by atoms with Gasteiger partial charge in [0.15, 0.2) is 0 Å². The van der Waals surface area contributed by atoms with E-state index in [1.165, 1.54) is 16.1 Å². The molecule has 0 saturated heterocycles. The van der Waals surface area contributed by atoms with Crippen molar-refractivity contribution in [3.8, 4) is 0 Å². The number of nitrogens with one attached hydrogen (secondary N) is 1. The van der Waals surface area contributed by atoms with E-state index in [1.54, 1.807) is 0 Å². The zero-order valence-corrected chi connectivity index (χ0v) is 12.1. The fourth-order valence-corrected chi connectivity index (χ4v) is 3.30. The van der Waals surface area contributed by atoms with Crippen LogP contribution in [-0.4, -0.2) is 12.0 Å². The summed E-state index contributed by atoms with van der Waals surface area (Å²) in [5.41, 5.74) is 2.57. The molecule has 2 nitrogen and oxygen atoms in total. The van der Waals surface area contributed by atoms with Gasteiger partial charge < -0.3 is 5.32 Å². The van der Waals surface area contributed by atoms with Crippen molar-refractivity contribution in [2.24, 2.45) is 0 Å². The number of aryl methyl sites for hydroxylation is 3. The maximum atomic E-state index is 4.51. The molecule has 96 valence electrons. The maximum absolute atomic E-state index is 4.51. The van der Waals surface area contributed by atoms with Crippen LogP contribution in [-0.2, 0) is 6.42 Å². The van der Waals surface area contributed by atoms with E-state index in [0.717, 1.165) is 17.8 Å². The third-order valence-corrected chi connectivity index (χ3v) is 4.36. The van der Waals surface area contributed by atoms with Crippen molar-refractivity contribution in [2.45, 2.75) is 32.7 Å². The van der Waals surface area contributed by atoms with Gasteiger partial charge in [-0.05, 0) is 39.3 Å². The monoisotopic (exact) mass is 260 g/mol. The van der Waals surface area contributed by atoms with E-state index in [4.69, 9.17) is 0 Å². The second-order valence-corrected chi connectivity index (χ2v) is 5.78. The van der Waals surface area contributed by atoms with Crippen molar-refractivity contribution in [3.05, 3.63) is 51.5 Å². The summed E-state index contributed by atoms with van der Waals surface area (Å²) >= 11 is 1.81. The van der Waals surface area contributed by atoms with E-state index in [2.05, 4.69) is 54.5 Å². The smallest absolute Gasteiger partial charge is 0.0900 e. The Bertz CT molecular complexity index is 490. The van der Waals surface area contributed by atoms with Crippen LogP contribution in [0.5, 0.6) is 0 Å². The topological polar surface area (TPSA) is 24.9 Å². The van der Waals surface area contributed by atoms with Crippen LogP contribution in [0.2, 0.25) is 0 Å². The molecule has 0 aliphatic heterocycles. The zero-order chi connectivity index (χ0) is 13.0. The Morgan fingerprint density at radius 2 is 1.94 bits per heavy atom. The first-order valence-corrected chi connectivity index (χ1v) is 7.17. The van der Waals surface area contributed by atoms with Crippen LogP contribution >= 0.6 is 11.3 Å². The predicted molar refractivity (Wildman–Crippen MR) is 78.2 cm³/mol. The Balaban J connectivity index is 2.04. The minimum atomic E-state index is 0.413. The molecule has 1 heterocycles. The van der Waals surface area contributed by atoms with E-state index in [9.17, 15) is 0 Å². The predicted octanol–water partition coefficient (Wildman–Crippen LogP) is 3.65. The van der Waals surface area contributed by atoms with Gasteiger partial charge in [-0.1, -0.05) is 30.3 Å². The van der Waals surface area contributed by atoms with Crippen molar-refractivity contribution in [1.29, 1.82) is 0 Å². The highest BCUT2D eigenvalue weighted by molar-refractivity contribution is 7.11. The standard InChI is InChI=1S/C15H20N2S/c1-11-15(18-12(2)17-11)14(16-3)10-9-13-7-5-4-6-8-13/h4-8,14,16H,9-10H2,1-3H3. The summed E-state index contributed by atoms with van der Waals surface area (Å²) in [6, 6.07) is 11.1. The molecular formula is C15H20N2S. The van der Waals surface area contributed by atoms with Crippen molar-refractivity contribution >= 4 is 11.3 Å². The van der Waals surface area contributed by atoms with E-state index >= 15 is 0 Å². The molecule has 0 aliphatic carbocycles. The summed E-state index contributed by atoms with van der Waals surface area (Å²) < 4.78 is 0. The normalized spacial score (nSPS) is 12.6. The average molecular weight is 260 g/mol. The fourth-order valence-electron chi connectivity index (χ4n) is 2.23. The van der Waals surface area contributed by atoms with Crippen LogP contribution in [0.3, 0.4) is 0 Å². The quantitative estimate of drug-likeness (QED) is 0.887. The number of thiazole rings is 1. The number of hydrogen-bond acceptors (Lipinski definition) is 3. The first-order valence-electron chi connectivity index (χ1n) is 6.36. The second kappa shape index (κ2) is 6.12. The first-order chi connectivity index (χ1) is 8.70. The SMILES string of the molecule is CNC(CCc1ccccc1)c1sc(C)nc1C. The summed E-state index contributed by atoms with van der Waals surface area (Å²) in [6.45, 7) is 4.18. The van der Waals surface area contributed by atoms with Gasteiger partial charge in [0.25, 0.3) is 0 Å². The van der Waals surface area contributed by atoms with Gasteiger partial charge in [0, 0.05) is 10.9 Å². The fraction of sp³-hybridized carbons (Fsp3) is 0.400. The maximum Gasteiger partial charge on any atom is 0.0900 e. The van der Waals surface area contributed by atoms with Gasteiger partial charge in [0.1, 0.15) is 0 Å². The zero-order valence-electron chi connectivity index (χ0n) is 11.2. The van der Waals surface area contributed by atoms with Gasteiger partial charge in [-0.2, -0.15) is 0 Å². The van der Waals surface area contributed by atoms with Gasteiger partial charge in [-0.15, -0.1) is 11.3 Å². The number of aromatic nitrogens is 1. The minimum Gasteiger partial charge on any atom is -0.312 e. The average Bonchev–Trinajstić information content (AvgIpc) is 2.71. The van der Waals surface area contributed by atoms with Crippen LogP contribution < -0.4 is 5.32 Å². The summed E-state index contributed by atoms with van der Waals surface area (Å²) in [6.07, 6.45) is 2.21. The largest absolute Gasteiger partial charge is 0.312 e. The molecular weight excluding hydrogens is 240 g/mol. The lowest BCUT2D eigenvalue weighted by Gasteiger charge is -2.15. The number of rotatable bonds is 5. The molecule has 0 amide bonds. The van der Waals surface area contributed by atoms with Crippen molar-refractivity contribution in [3.63, 3.8) is 0 Å². The third-order valence-electron chi connectivity index (χ3n) is 3.17. The summed E-state index contributed by atoms with van der Waals surface area (Å²) in [5, 5.41) is 4.57. The molecule has 1 N–H and O–H groups in total. The van der Waals surface area contributed by atoms with E-state index in [1.807, 2.05) is 18.4 Å². The molecule has 1 atom stereocenters. The third kappa shape index (κ3) is 3.18. The van der Waals surface area contributed by atoms with Crippen molar-refractivity contribution in [1.82, 2.24) is 10.3 Å². The van der Waals surface area contributed by atoms with Gasteiger partial charge in [-0.3, -0.25) is 0 Å². The van der Waals surface area contributed by atoms with Crippen LogP contribution in [0.4, 0.5) is 0 Å². The summed E-state index contributed by atoms with van der Waals surface area (Å²) in [5.74, 6) is 0. The molecule has 1 aromatic heterocycles. The number of hydrogen-bond donors (Lipinski definition) is 1. The molecule has 2 rings (SSSR count). The Labute approximate surface area is 113 Å². The molecule has 1 unspecified atom stereocenters. The van der Waals surface area contributed by atoms with E-state index in [-0.39, 0.29) is 0 Å². The Hall–Kier alpha value is -1.19. The molecule has 0 bridgehead atoms. The van der Waals surface area contributed by atoms with Gasteiger partial charge >= 0.3 is 0 Å². The molecule has 0 aliphatic rings. The lowest BCUT2D eigenvalue weighted by molar-refractivity contribution is 0.554. The highest BCUT2D eigenvalue weighted by atomic mass is 32.1. The minimum absolute atomic E-state index is 0.413. The second-order valence-electron chi connectivity index (χ2n) is 4.55. The van der Waals surface area contributed by atoms with E-state index in [0.29, 0.717) is 6.04 Å². The molecule has 3 heteroatoms. The highest BCUT2D eigenvalue weighted by Gasteiger charge is 2.15. The first kappa shape index (κ1) is 13.2. The molecule has 18 heavy (non-hydrogen) atoms. The number of benzene rings is 1. The van der Waals surface area contributed by atoms with Crippen LogP contribution in [0, 0.1) is 13.8 Å². The van der Waals surface area contributed by atoms with Gasteiger partial charge in [0.05, 0.1) is 10.7 Å². The van der Waals surface area contributed by atoms with Crippen LogP contribution in [0.15, 0.2) is 30.3 Å². The van der Waals surface area contributed by atoms with Crippen LogP contribution in [0.1, 0.15) is 33.6 Å².